The fourth-order valence-electron chi connectivity index (χ4n) is 3.27. The van der Waals surface area contributed by atoms with Crippen molar-refractivity contribution in [1.82, 2.24) is 35.2 Å². The molecule has 2 aromatic heterocycles. The van der Waals surface area contributed by atoms with E-state index in [9.17, 15) is 4.79 Å². The Bertz CT molecular complexity index is 917. The molecule has 8 nitrogen and oxygen atoms in total. The first kappa shape index (κ1) is 18.3. The molecule has 26 heavy (non-hydrogen) atoms. The molecular weight excluding hydrogens is 354 g/mol. The maximum absolute atomic E-state index is 12.5. The van der Waals surface area contributed by atoms with Crippen LogP contribution in [0.4, 0.5) is 0 Å². The molecule has 4 rings (SSSR count). The molecule has 0 unspecified atom stereocenters. The van der Waals surface area contributed by atoms with Crippen LogP contribution in [-0.4, -0.2) is 50.1 Å². The Kier molecular flexibility index (Phi) is 5.53. The number of carbonyl (C=O) groups is 1. The van der Waals surface area contributed by atoms with Crippen LogP contribution in [0.25, 0.3) is 10.9 Å². The van der Waals surface area contributed by atoms with E-state index in [0.29, 0.717) is 18.7 Å². The van der Waals surface area contributed by atoms with Crippen molar-refractivity contribution in [2.75, 3.05) is 19.6 Å². The SMILES string of the molecule is Cl.Cn1nc(C(=O)NCCc2nnc3n2CCNCC3)c2ccccc21. The molecule has 1 aliphatic rings. The van der Waals surface area contributed by atoms with Crippen molar-refractivity contribution in [3.8, 4) is 0 Å². The van der Waals surface area contributed by atoms with Gasteiger partial charge < -0.3 is 15.2 Å². The highest BCUT2D eigenvalue weighted by molar-refractivity contribution is 6.04. The van der Waals surface area contributed by atoms with Crippen LogP contribution < -0.4 is 10.6 Å². The monoisotopic (exact) mass is 375 g/mol. The predicted octanol–water partition coefficient (Wildman–Crippen LogP) is 0.705. The number of aromatic nitrogens is 5. The second-order valence-corrected chi connectivity index (χ2v) is 6.18. The number of nitrogens with zero attached hydrogens (tertiary/aromatic N) is 5. The Morgan fingerprint density at radius 2 is 2.12 bits per heavy atom. The molecule has 0 spiro atoms. The van der Waals surface area contributed by atoms with Gasteiger partial charge in [-0.3, -0.25) is 9.48 Å². The Hall–Kier alpha value is -2.45. The zero-order chi connectivity index (χ0) is 17.2. The lowest BCUT2D eigenvalue weighted by Crippen LogP contribution is -2.27. The number of benzene rings is 1. The van der Waals surface area contributed by atoms with E-state index in [1.165, 1.54) is 0 Å². The van der Waals surface area contributed by atoms with Crippen molar-refractivity contribution in [2.45, 2.75) is 19.4 Å². The molecule has 2 N–H and O–H groups in total. The van der Waals surface area contributed by atoms with Gasteiger partial charge in [0.05, 0.1) is 5.52 Å². The Morgan fingerprint density at radius 1 is 1.27 bits per heavy atom. The fourth-order valence-corrected chi connectivity index (χ4v) is 3.27. The molecule has 0 fully saturated rings. The van der Waals surface area contributed by atoms with Crippen molar-refractivity contribution in [3.05, 3.63) is 41.6 Å². The van der Waals surface area contributed by atoms with Gasteiger partial charge in [-0.1, -0.05) is 18.2 Å². The van der Waals surface area contributed by atoms with E-state index in [0.717, 1.165) is 48.6 Å². The van der Waals surface area contributed by atoms with Crippen molar-refractivity contribution in [3.63, 3.8) is 0 Å². The molecular formula is C17H22ClN7O. The first-order chi connectivity index (χ1) is 12.2. The summed E-state index contributed by atoms with van der Waals surface area (Å²) in [4.78, 5) is 12.5. The zero-order valence-electron chi connectivity index (χ0n) is 14.6. The van der Waals surface area contributed by atoms with Gasteiger partial charge >= 0.3 is 0 Å². The van der Waals surface area contributed by atoms with Gasteiger partial charge in [0.25, 0.3) is 5.91 Å². The highest BCUT2D eigenvalue weighted by atomic mass is 35.5. The van der Waals surface area contributed by atoms with Gasteiger partial charge in [0.1, 0.15) is 11.6 Å². The van der Waals surface area contributed by atoms with Crippen molar-refractivity contribution in [1.29, 1.82) is 0 Å². The minimum atomic E-state index is -0.158. The lowest BCUT2D eigenvalue weighted by Gasteiger charge is -2.07. The summed E-state index contributed by atoms with van der Waals surface area (Å²) in [6.07, 6.45) is 1.54. The van der Waals surface area contributed by atoms with Gasteiger partial charge in [0.15, 0.2) is 5.69 Å². The van der Waals surface area contributed by atoms with Gasteiger partial charge in [0.2, 0.25) is 0 Å². The molecule has 0 bridgehead atoms. The van der Waals surface area contributed by atoms with Gasteiger partial charge in [-0.2, -0.15) is 5.10 Å². The molecule has 1 aliphatic heterocycles. The normalized spacial score (nSPS) is 13.7. The van der Waals surface area contributed by atoms with Crippen LogP contribution in [-0.2, 0) is 26.4 Å². The van der Waals surface area contributed by atoms with Gasteiger partial charge in [-0.25, -0.2) is 0 Å². The number of aryl methyl sites for hydroxylation is 1. The molecule has 138 valence electrons. The third-order valence-corrected chi connectivity index (χ3v) is 4.55. The first-order valence-corrected chi connectivity index (χ1v) is 8.55. The van der Waals surface area contributed by atoms with E-state index in [-0.39, 0.29) is 18.3 Å². The van der Waals surface area contributed by atoms with E-state index in [1.807, 2.05) is 31.3 Å². The predicted molar refractivity (Wildman–Crippen MR) is 101 cm³/mol. The smallest absolute Gasteiger partial charge is 0.272 e. The molecule has 1 amide bonds. The van der Waals surface area contributed by atoms with Gasteiger partial charge in [-0.15, -0.1) is 22.6 Å². The quantitative estimate of drug-likeness (QED) is 0.700. The molecule has 0 aliphatic carbocycles. The summed E-state index contributed by atoms with van der Waals surface area (Å²) in [6, 6.07) is 7.74. The zero-order valence-corrected chi connectivity index (χ0v) is 15.4. The lowest BCUT2D eigenvalue weighted by atomic mass is 10.2. The molecule has 3 heterocycles. The minimum Gasteiger partial charge on any atom is -0.350 e. The van der Waals surface area contributed by atoms with Crippen LogP contribution in [0, 0.1) is 0 Å². The number of para-hydroxylation sites is 1. The average Bonchev–Trinajstić information content (AvgIpc) is 3.07. The van der Waals surface area contributed by atoms with Crippen molar-refractivity contribution < 1.29 is 4.79 Å². The van der Waals surface area contributed by atoms with Gasteiger partial charge in [-0.05, 0) is 6.07 Å². The van der Waals surface area contributed by atoms with Crippen molar-refractivity contribution in [2.24, 2.45) is 7.05 Å². The molecule has 9 heteroatoms. The van der Waals surface area contributed by atoms with Crippen LogP contribution in [0.3, 0.4) is 0 Å². The van der Waals surface area contributed by atoms with Crippen LogP contribution in [0.15, 0.2) is 24.3 Å². The minimum absolute atomic E-state index is 0. The second-order valence-electron chi connectivity index (χ2n) is 6.18. The summed E-state index contributed by atoms with van der Waals surface area (Å²) in [7, 11) is 1.85. The largest absolute Gasteiger partial charge is 0.350 e. The number of nitrogens with one attached hydrogen (secondary N) is 2. The topological polar surface area (TPSA) is 89.7 Å². The molecule has 0 saturated carbocycles. The Balaban J connectivity index is 0.00000196. The summed E-state index contributed by atoms with van der Waals surface area (Å²) in [5.74, 6) is 1.78. The summed E-state index contributed by atoms with van der Waals surface area (Å²) < 4.78 is 3.89. The third kappa shape index (κ3) is 3.42. The fraction of sp³-hybridized carbons (Fsp3) is 0.412. The van der Waals surface area contributed by atoms with Gasteiger partial charge in [0, 0.05) is 51.5 Å². The van der Waals surface area contributed by atoms with E-state index in [4.69, 9.17) is 0 Å². The number of hydrogen-bond donors (Lipinski definition) is 2. The summed E-state index contributed by atoms with van der Waals surface area (Å²) >= 11 is 0. The van der Waals surface area contributed by atoms with Crippen LogP contribution >= 0.6 is 12.4 Å². The molecule has 0 saturated heterocycles. The van der Waals surface area contributed by atoms with E-state index in [2.05, 4.69) is 30.5 Å². The van der Waals surface area contributed by atoms with Crippen LogP contribution in [0.2, 0.25) is 0 Å². The number of amides is 1. The molecule has 1 aromatic carbocycles. The van der Waals surface area contributed by atoms with Crippen LogP contribution in [0.1, 0.15) is 22.1 Å². The van der Waals surface area contributed by atoms with Crippen LogP contribution in [0.5, 0.6) is 0 Å². The van der Waals surface area contributed by atoms with Crippen molar-refractivity contribution >= 4 is 29.2 Å². The van der Waals surface area contributed by atoms with E-state index < -0.39 is 0 Å². The number of rotatable bonds is 4. The number of halogens is 1. The summed E-state index contributed by atoms with van der Waals surface area (Å²) in [5.41, 5.74) is 1.41. The van der Waals surface area contributed by atoms with E-state index >= 15 is 0 Å². The molecule has 0 radical (unpaired) electrons. The molecule has 3 aromatic rings. The standard InChI is InChI=1S/C17H21N7O.ClH/c1-23-13-5-3-2-4-12(13)16(22-23)17(25)19-9-7-15-21-20-14-6-8-18-10-11-24(14)15;/h2-5,18H,6-11H2,1H3,(H,19,25);1H. The number of hydrogen-bond acceptors (Lipinski definition) is 5. The Morgan fingerprint density at radius 3 is 3.00 bits per heavy atom. The number of carbonyl (C=O) groups excluding carboxylic acids is 1. The average molecular weight is 376 g/mol. The highest BCUT2D eigenvalue weighted by Crippen LogP contribution is 2.17. The van der Waals surface area contributed by atoms with E-state index in [1.54, 1.807) is 4.68 Å². The second kappa shape index (κ2) is 7.84. The summed E-state index contributed by atoms with van der Waals surface area (Å²) in [6.45, 7) is 3.23. The first-order valence-electron chi connectivity index (χ1n) is 8.55. The Labute approximate surface area is 157 Å². The summed E-state index contributed by atoms with van der Waals surface area (Å²) in [5, 5.41) is 20.1. The lowest BCUT2D eigenvalue weighted by molar-refractivity contribution is 0.0949. The third-order valence-electron chi connectivity index (χ3n) is 4.55. The molecule has 0 atom stereocenters. The maximum atomic E-state index is 12.5. The highest BCUT2D eigenvalue weighted by Gasteiger charge is 2.17. The maximum Gasteiger partial charge on any atom is 0.272 e. The number of fused-ring (bicyclic) bond motifs is 2.